The van der Waals surface area contributed by atoms with Crippen LogP contribution in [-0.2, 0) is 0 Å². The quantitative estimate of drug-likeness (QED) is 0.484. The van der Waals surface area contributed by atoms with Crippen LogP contribution < -0.4 is 4.74 Å². The molecule has 0 N–H and O–H groups in total. The molecule has 0 aliphatic rings. The first-order chi connectivity index (χ1) is 11.4. The van der Waals surface area contributed by atoms with E-state index in [4.69, 9.17) is 9.72 Å². The summed E-state index contributed by atoms with van der Waals surface area (Å²) in [5.74, 6) is 1.39. The van der Waals surface area contributed by atoms with Crippen molar-refractivity contribution < 1.29 is 4.74 Å². The minimum Gasteiger partial charge on any atom is -0.439 e. The van der Waals surface area contributed by atoms with Crippen molar-refractivity contribution in [3.05, 3.63) is 91.0 Å². The Hall–Kier alpha value is -3.13. The van der Waals surface area contributed by atoms with Gasteiger partial charge in [-0.1, -0.05) is 72.8 Å². The summed E-state index contributed by atoms with van der Waals surface area (Å²) in [6.07, 6.45) is 0. The van der Waals surface area contributed by atoms with Gasteiger partial charge in [0.2, 0.25) is 5.88 Å². The predicted octanol–water partition coefficient (Wildman–Crippen LogP) is 5.69. The number of rotatable bonds is 3. The van der Waals surface area contributed by atoms with Crippen LogP contribution in [-0.4, -0.2) is 4.98 Å². The molecule has 4 rings (SSSR count). The van der Waals surface area contributed by atoms with Gasteiger partial charge in [-0.15, -0.1) is 0 Å². The highest BCUT2D eigenvalue weighted by atomic mass is 16.5. The van der Waals surface area contributed by atoms with Gasteiger partial charge in [-0.2, -0.15) is 0 Å². The lowest BCUT2D eigenvalue weighted by molar-refractivity contribution is 0.464. The van der Waals surface area contributed by atoms with Crippen molar-refractivity contribution in [2.75, 3.05) is 0 Å². The maximum Gasteiger partial charge on any atom is 0.220 e. The van der Waals surface area contributed by atoms with Gasteiger partial charge in [0.15, 0.2) is 0 Å². The molecule has 110 valence electrons. The zero-order chi connectivity index (χ0) is 15.5. The van der Waals surface area contributed by atoms with Gasteiger partial charge in [-0.3, -0.25) is 0 Å². The van der Waals surface area contributed by atoms with E-state index >= 15 is 0 Å². The van der Waals surface area contributed by atoms with Gasteiger partial charge in [0.25, 0.3) is 0 Å². The van der Waals surface area contributed by atoms with Crippen molar-refractivity contribution in [1.82, 2.24) is 4.98 Å². The molecule has 0 spiro atoms. The van der Waals surface area contributed by atoms with E-state index in [0.29, 0.717) is 5.88 Å². The van der Waals surface area contributed by atoms with Gasteiger partial charge in [-0.25, -0.2) is 4.98 Å². The van der Waals surface area contributed by atoms with Crippen molar-refractivity contribution in [2.24, 2.45) is 0 Å². The minimum atomic E-state index is 0.605. The summed E-state index contributed by atoms with van der Waals surface area (Å²) in [5, 5.41) is 2.24. The number of hydrogen-bond acceptors (Lipinski definition) is 2. The van der Waals surface area contributed by atoms with Crippen LogP contribution in [0.15, 0.2) is 91.0 Å². The molecule has 0 saturated carbocycles. The molecular weight excluding hydrogens is 282 g/mol. The van der Waals surface area contributed by atoms with Gasteiger partial charge in [0.05, 0.1) is 5.69 Å². The van der Waals surface area contributed by atoms with Crippen LogP contribution in [0, 0.1) is 0 Å². The molecule has 0 atom stereocenters. The van der Waals surface area contributed by atoms with E-state index in [1.807, 2.05) is 66.7 Å². The fraction of sp³-hybridized carbons (Fsp3) is 0. The second-order valence-corrected chi connectivity index (χ2v) is 5.31. The number of benzene rings is 3. The molecule has 0 fully saturated rings. The number of pyridine rings is 1. The van der Waals surface area contributed by atoms with Gasteiger partial charge < -0.3 is 4.74 Å². The van der Waals surface area contributed by atoms with E-state index in [2.05, 4.69) is 24.3 Å². The summed E-state index contributed by atoms with van der Waals surface area (Å²) >= 11 is 0. The van der Waals surface area contributed by atoms with E-state index in [1.165, 1.54) is 0 Å². The predicted molar refractivity (Wildman–Crippen MR) is 93.7 cm³/mol. The molecule has 0 amide bonds. The average Bonchev–Trinajstić information content (AvgIpc) is 2.63. The Labute approximate surface area is 135 Å². The third-order valence-electron chi connectivity index (χ3n) is 3.73. The normalized spacial score (nSPS) is 10.6. The smallest absolute Gasteiger partial charge is 0.220 e. The van der Waals surface area contributed by atoms with Crippen LogP contribution in [0.3, 0.4) is 0 Å². The number of fused-ring (bicyclic) bond motifs is 1. The Kier molecular flexibility index (Phi) is 3.49. The topological polar surface area (TPSA) is 22.1 Å². The third kappa shape index (κ3) is 2.79. The lowest BCUT2D eigenvalue weighted by Crippen LogP contribution is -1.92. The molecule has 0 unspecified atom stereocenters. The van der Waals surface area contributed by atoms with Crippen molar-refractivity contribution in [3.8, 4) is 22.9 Å². The van der Waals surface area contributed by atoms with Crippen LogP contribution in [0.4, 0.5) is 0 Å². The fourth-order valence-electron chi connectivity index (χ4n) is 2.65. The Morgan fingerprint density at radius 3 is 2.09 bits per heavy atom. The SMILES string of the molecule is c1ccc(Oc2cc3ccccc3c(-c3ccccc3)n2)cc1. The van der Waals surface area contributed by atoms with E-state index in [1.54, 1.807) is 0 Å². The molecule has 23 heavy (non-hydrogen) atoms. The average molecular weight is 297 g/mol. The molecule has 1 heterocycles. The summed E-state index contributed by atoms with van der Waals surface area (Å²) in [6.45, 7) is 0. The largest absolute Gasteiger partial charge is 0.439 e. The molecular formula is C21H15NO. The lowest BCUT2D eigenvalue weighted by Gasteiger charge is -2.10. The van der Waals surface area contributed by atoms with Crippen molar-refractivity contribution >= 4 is 10.8 Å². The zero-order valence-corrected chi connectivity index (χ0v) is 12.5. The summed E-state index contributed by atoms with van der Waals surface area (Å²) in [7, 11) is 0. The second-order valence-electron chi connectivity index (χ2n) is 5.31. The van der Waals surface area contributed by atoms with E-state index in [0.717, 1.165) is 27.8 Å². The summed E-state index contributed by atoms with van der Waals surface area (Å²) in [6, 6.07) is 30.2. The van der Waals surface area contributed by atoms with E-state index in [9.17, 15) is 0 Å². The maximum atomic E-state index is 5.94. The molecule has 0 aliphatic carbocycles. The van der Waals surface area contributed by atoms with Crippen molar-refractivity contribution in [1.29, 1.82) is 0 Å². The standard InChI is InChI=1S/C21H15NO/c1-3-9-16(10-4-1)21-19-14-8-7-11-17(19)15-20(22-21)23-18-12-5-2-6-13-18/h1-15H. The Morgan fingerprint density at radius 1 is 0.652 bits per heavy atom. The van der Waals surface area contributed by atoms with Crippen LogP contribution in [0.2, 0.25) is 0 Å². The number of aromatic nitrogens is 1. The van der Waals surface area contributed by atoms with Gasteiger partial charge in [0.1, 0.15) is 5.75 Å². The van der Waals surface area contributed by atoms with Crippen LogP contribution >= 0.6 is 0 Å². The Bertz CT molecular complexity index is 933. The van der Waals surface area contributed by atoms with Crippen LogP contribution in [0.5, 0.6) is 11.6 Å². The molecule has 3 aromatic carbocycles. The summed E-state index contributed by atoms with van der Waals surface area (Å²) < 4.78 is 5.94. The first kappa shape index (κ1) is 13.5. The molecule has 2 heteroatoms. The van der Waals surface area contributed by atoms with Crippen LogP contribution in [0.1, 0.15) is 0 Å². The first-order valence-electron chi connectivity index (χ1n) is 7.58. The monoisotopic (exact) mass is 297 g/mol. The minimum absolute atomic E-state index is 0.605. The highest BCUT2D eigenvalue weighted by molar-refractivity contribution is 5.95. The van der Waals surface area contributed by atoms with E-state index < -0.39 is 0 Å². The van der Waals surface area contributed by atoms with Gasteiger partial charge >= 0.3 is 0 Å². The highest BCUT2D eigenvalue weighted by Crippen LogP contribution is 2.31. The number of nitrogens with zero attached hydrogens (tertiary/aromatic N) is 1. The van der Waals surface area contributed by atoms with E-state index in [-0.39, 0.29) is 0 Å². The van der Waals surface area contributed by atoms with Crippen molar-refractivity contribution in [2.45, 2.75) is 0 Å². The molecule has 0 bridgehead atoms. The maximum absolute atomic E-state index is 5.94. The Morgan fingerprint density at radius 2 is 1.30 bits per heavy atom. The molecule has 1 aromatic heterocycles. The fourth-order valence-corrected chi connectivity index (χ4v) is 2.65. The highest BCUT2D eigenvalue weighted by Gasteiger charge is 2.09. The summed E-state index contributed by atoms with van der Waals surface area (Å²) in [4.78, 5) is 4.74. The molecule has 4 aromatic rings. The van der Waals surface area contributed by atoms with Gasteiger partial charge in [-0.05, 0) is 17.5 Å². The molecule has 0 saturated heterocycles. The third-order valence-corrected chi connectivity index (χ3v) is 3.73. The number of para-hydroxylation sites is 1. The lowest BCUT2D eigenvalue weighted by atomic mass is 10.0. The Balaban J connectivity index is 1.87. The summed E-state index contributed by atoms with van der Waals surface area (Å²) in [5.41, 5.74) is 2.02. The first-order valence-corrected chi connectivity index (χ1v) is 7.58. The number of ether oxygens (including phenoxy) is 1. The van der Waals surface area contributed by atoms with Crippen LogP contribution in [0.25, 0.3) is 22.0 Å². The number of hydrogen-bond donors (Lipinski definition) is 0. The molecule has 0 aliphatic heterocycles. The molecule has 0 radical (unpaired) electrons. The van der Waals surface area contributed by atoms with Crippen molar-refractivity contribution in [3.63, 3.8) is 0 Å². The van der Waals surface area contributed by atoms with Gasteiger partial charge in [0, 0.05) is 17.0 Å². The second kappa shape index (κ2) is 5.93. The zero-order valence-electron chi connectivity index (χ0n) is 12.5. The molecule has 2 nitrogen and oxygen atoms in total.